The average molecular weight is 217 g/mol. The van der Waals surface area contributed by atoms with Gasteiger partial charge in [0.1, 0.15) is 0 Å². The molecule has 0 aromatic heterocycles. The van der Waals surface area contributed by atoms with E-state index in [-0.39, 0.29) is 0 Å². The van der Waals surface area contributed by atoms with Gasteiger partial charge in [-0.2, -0.15) is 0 Å². The van der Waals surface area contributed by atoms with Gasteiger partial charge in [-0.1, -0.05) is 26.0 Å². The van der Waals surface area contributed by atoms with Gasteiger partial charge in [0.05, 0.1) is 23.9 Å². The second kappa shape index (κ2) is 5.53. The molecule has 0 N–H and O–H groups in total. The van der Waals surface area contributed by atoms with Crippen LogP contribution in [0.2, 0.25) is 0 Å². The molecule has 3 heteroatoms. The van der Waals surface area contributed by atoms with Gasteiger partial charge in [-0.3, -0.25) is 0 Å². The fraction of sp³-hybridized carbons (Fsp3) is 0.400. The number of rotatable bonds is 4. The van der Waals surface area contributed by atoms with Crippen molar-refractivity contribution in [2.75, 3.05) is 0 Å². The standard InChI is InChI=1S/C10H13ClOS/c1-8(2)7-9-3-5-10(6-4-9)13-12-11/h3-6,8H,7H2,1-2H3. The SMILES string of the molecule is CC(C)Cc1ccc(SOCl)cc1. The minimum Gasteiger partial charge on any atom is -0.202 e. The minimum absolute atomic E-state index is 0.697. The summed E-state index contributed by atoms with van der Waals surface area (Å²) >= 11 is 6.29. The van der Waals surface area contributed by atoms with Crippen LogP contribution in [0.1, 0.15) is 19.4 Å². The van der Waals surface area contributed by atoms with Gasteiger partial charge in [0.2, 0.25) is 0 Å². The van der Waals surface area contributed by atoms with E-state index < -0.39 is 0 Å². The average Bonchev–Trinajstić information content (AvgIpc) is 2.08. The van der Waals surface area contributed by atoms with Gasteiger partial charge in [-0.05, 0) is 30.0 Å². The lowest BCUT2D eigenvalue weighted by Crippen LogP contribution is -1.92. The summed E-state index contributed by atoms with van der Waals surface area (Å²) < 4.78 is 4.44. The summed E-state index contributed by atoms with van der Waals surface area (Å²) in [5.74, 6) is 0.697. The molecule has 1 aromatic carbocycles. The Morgan fingerprint density at radius 2 is 1.92 bits per heavy atom. The van der Waals surface area contributed by atoms with Crippen molar-refractivity contribution in [3.63, 3.8) is 0 Å². The van der Waals surface area contributed by atoms with E-state index in [2.05, 4.69) is 29.7 Å². The third kappa shape index (κ3) is 4.03. The number of hydrogen-bond acceptors (Lipinski definition) is 2. The zero-order valence-corrected chi connectivity index (χ0v) is 9.36. The first-order chi connectivity index (χ1) is 6.22. The van der Waals surface area contributed by atoms with Crippen LogP contribution >= 0.6 is 23.9 Å². The third-order valence-electron chi connectivity index (χ3n) is 1.70. The maximum atomic E-state index is 5.12. The Labute approximate surface area is 88.8 Å². The van der Waals surface area contributed by atoms with Crippen LogP contribution in [0.4, 0.5) is 0 Å². The highest BCUT2D eigenvalue weighted by atomic mass is 35.5. The van der Waals surface area contributed by atoms with Gasteiger partial charge >= 0.3 is 0 Å². The molecule has 0 fully saturated rings. The summed E-state index contributed by atoms with van der Waals surface area (Å²) in [6.07, 6.45) is 1.12. The van der Waals surface area contributed by atoms with E-state index in [0.29, 0.717) is 5.92 Å². The molecule has 0 saturated heterocycles. The summed E-state index contributed by atoms with van der Waals surface area (Å²) in [6, 6.07) is 8.26. The number of benzene rings is 1. The number of hydrogen-bond donors (Lipinski definition) is 0. The molecule has 0 aliphatic heterocycles. The molecule has 72 valence electrons. The van der Waals surface area contributed by atoms with Gasteiger partial charge in [-0.15, -0.1) is 0 Å². The fourth-order valence-electron chi connectivity index (χ4n) is 1.19. The van der Waals surface area contributed by atoms with Crippen LogP contribution in [-0.4, -0.2) is 0 Å². The van der Waals surface area contributed by atoms with E-state index in [9.17, 15) is 0 Å². The molecular formula is C10H13ClOS. The van der Waals surface area contributed by atoms with Crippen LogP contribution < -0.4 is 0 Å². The Kier molecular flexibility index (Phi) is 4.64. The van der Waals surface area contributed by atoms with Crippen LogP contribution in [0.15, 0.2) is 29.2 Å². The maximum Gasteiger partial charge on any atom is 0.0757 e. The van der Waals surface area contributed by atoms with Gasteiger partial charge in [0.15, 0.2) is 0 Å². The van der Waals surface area contributed by atoms with Crippen LogP contribution in [0.25, 0.3) is 0 Å². The van der Waals surface area contributed by atoms with Crippen LogP contribution in [-0.2, 0) is 10.2 Å². The van der Waals surface area contributed by atoms with E-state index in [1.165, 1.54) is 17.6 Å². The van der Waals surface area contributed by atoms with Crippen molar-refractivity contribution in [3.05, 3.63) is 29.8 Å². The second-order valence-electron chi connectivity index (χ2n) is 3.39. The Hall–Kier alpha value is -0.180. The molecule has 0 aliphatic rings. The molecule has 1 nitrogen and oxygen atoms in total. The van der Waals surface area contributed by atoms with E-state index in [0.717, 1.165) is 11.3 Å². The van der Waals surface area contributed by atoms with Gasteiger partial charge in [-0.25, -0.2) is 3.74 Å². The molecule has 0 heterocycles. The predicted octanol–water partition coefficient (Wildman–Crippen LogP) is 4.06. The van der Waals surface area contributed by atoms with Crippen LogP contribution in [0, 0.1) is 5.92 Å². The topological polar surface area (TPSA) is 9.23 Å². The van der Waals surface area contributed by atoms with Crippen molar-refractivity contribution < 1.29 is 3.74 Å². The monoisotopic (exact) mass is 216 g/mol. The van der Waals surface area contributed by atoms with Gasteiger partial charge < -0.3 is 0 Å². The lowest BCUT2D eigenvalue weighted by Gasteiger charge is -2.04. The summed E-state index contributed by atoms with van der Waals surface area (Å²) in [6.45, 7) is 4.43. The largest absolute Gasteiger partial charge is 0.202 e. The molecule has 13 heavy (non-hydrogen) atoms. The second-order valence-corrected chi connectivity index (χ2v) is 4.53. The Balaban J connectivity index is 2.59. The molecule has 0 amide bonds. The quantitative estimate of drug-likeness (QED) is 0.702. The van der Waals surface area contributed by atoms with Crippen LogP contribution in [0.3, 0.4) is 0 Å². The fourth-order valence-corrected chi connectivity index (χ4v) is 1.73. The predicted molar refractivity (Wildman–Crippen MR) is 57.8 cm³/mol. The molecule has 0 unspecified atom stereocenters. The molecule has 0 radical (unpaired) electrons. The van der Waals surface area contributed by atoms with E-state index in [1.54, 1.807) is 0 Å². The first kappa shape index (κ1) is 10.9. The summed E-state index contributed by atoms with van der Waals surface area (Å²) in [7, 11) is 0. The lowest BCUT2D eigenvalue weighted by atomic mass is 10.0. The lowest BCUT2D eigenvalue weighted by molar-refractivity contribution is 0.647. The Morgan fingerprint density at radius 1 is 1.31 bits per heavy atom. The summed E-state index contributed by atoms with van der Waals surface area (Å²) in [5, 5.41) is 0. The molecule has 0 spiro atoms. The third-order valence-corrected chi connectivity index (χ3v) is 2.41. The zero-order chi connectivity index (χ0) is 9.68. The van der Waals surface area contributed by atoms with E-state index >= 15 is 0 Å². The molecule has 1 aromatic rings. The van der Waals surface area contributed by atoms with Crippen molar-refractivity contribution in [1.82, 2.24) is 0 Å². The summed E-state index contributed by atoms with van der Waals surface area (Å²) in [5.41, 5.74) is 1.36. The normalized spacial score (nSPS) is 10.8. The highest BCUT2D eigenvalue weighted by Gasteiger charge is 1.98. The van der Waals surface area contributed by atoms with Crippen molar-refractivity contribution in [2.45, 2.75) is 25.2 Å². The zero-order valence-electron chi connectivity index (χ0n) is 7.79. The van der Waals surface area contributed by atoms with Gasteiger partial charge in [0.25, 0.3) is 0 Å². The van der Waals surface area contributed by atoms with Crippen molar-refractivity contribution >= 4 is 23.9 Å². The Morgan fingerprint density at radius 3 is 2.38 bits per heavy atom. The Bertz CT molecular complexity index is 246. The molecule has 0 atom stereocenters. The van der Waals surface area contributed by atoms with Crippen molar-refractivity contribution in [3.8, 4) is 0 Å². The summed E-state index contributed by atoms with van der Waals surface area (Å²) in [4.78, 5) is 1.03. The smallest absolute Gasteiger partial charge is 0.0757 e. The molecule has 0 bridgehead atoms. The molecule has 0 aliphatic carbocycles. The molecule has 0 saturated carbocycles. The van der Waals surface area contributed by atoms with Crippen LogP contribution in [0.5, 0.6) is 0 Å². The van der Waals surface area contributed by atoms with E-state index in [1.807, 2.05) is 12.1 Å². The number of halogens is 1. The van der Waals surface area contributed by atoms with Crippen molar-refractivity contribution in [2.24, 2.45) is 5.92 Å². The first-order valence-corrected chi connectivity index (χ1v) is 5.31. The van der Waals surface area contributed by atoms with Gasteiger partial charge in [0, 0.05) is 4.90 Å². The molecular weight excluding hydrogens is 204 g/mol. The highest BCUT2D eigenvalue weighted by Crippen LogP contribution is 2.21. The van der Waals surface area contributed by atoms with Crippen molar-refractivity contribution in [1.29, 1.82) is 0 Å². The minimum atomic E-state index is 0.697. The molecule has 1 rings (SSSR count). The maximum absolute atomic E-state index is 5.12. The first-order valence-electron chi connectivity index (χ1n) is 4.26. The van der Waals surface area contributed by atoms with E-state index in [4.69, 9.17) is 11.9 Å². The highest BCUT2D eigenvalue weighted by molar-refractivity contribution is 7.95.